The third-order valence-electron chi connectivity index (χ3n) is 7.03. The molecule has 196 valence electrons. The van der Waals surface area contributed by atoms with Crippen LogP contribution in [0, 0.1) is 28.9 Å². The predicted octanol–water partition coefficient (Wildman–Crippen LogP) is 3.76. The van der Waals surface area contributed by atoms with E-state index in [2.05, 4.69) is 31.4 Å². The fourth-order valence-corrected chi connectivity index (χ4v) is 4.74. The molecule has 9 nitrogen and oxygen atoms in total. The zero-order valence-corrected chi connectivity index (χ0v) is 21.2. The van der Waals surface area contributed by atoms with Crippen molar-refractivity contribution in [3.05, 3.63) is 66.1 Å². The maximum Gasteiger partial charge on any atom is 0.229 e. The van der Waals surface area contributed by atoms with E-state index >= 15 is 8.78 Å². The van der Waals surface area contributed by atoms with E-state index in [1.54, 1.807) is 38.5 Å². The lowest BCUT2D eigenvalue weighted by atomic mass is 9.85. The molecular formula is C27H28F2N8O. The number of nitriles is 1. The van der Waals surface area contributed by atoms with Gasteiger partial charge in [-0.2, -0.15) is 14.9 Å². The van der Waals surface area contributed by atoms with E-state index in [-0.39, 0.29) is 22.7 Å². The highest BCUT2D eigenvalue weighted by Crippen LogP contribution is 2.33. The summed E-state index contributed by atoms with van der Waals surface area (Å²) in [6.45, 7) is 6.22. The van der Waals surface area contributed by atoms with E-state index in [0.29, 0.717) is 30.2 Å². The minimum Gasteiger partial charge on any atom is -0.391 e. The Morgan fingerprint density at radius 2 is 1.89 bits per heavy atom. The molecule has 1 aliphatic rings. The number of piperidine rings is 1. The molecule has 3 atom stereocenters. The van der Waals surface area contributed by atoms with Gasteiger partial charge in [-0.05, 0) is 49.7 Å². The summed E-state index contributed by atoms with van der Waals surface area (Å²) < 4.78 is 31.7. The number of benzene rings is 1. The van der Waals surface area contributed by atoms with Gasteiger partial charge in [0, 0.05) is 31.2 Å². The van der Waals surface area contributed by atoms with Crippen molar-refractivity contribution in [2.45, 2.75) is 38.3 Å². The third-order valence-corrected chi connectivity index (χ3v) is 7.03. The number of pyridine rings is 1. The van der Waals surface area contributed by atoms with Crippen LogP contribution in [0.5, 0.6) is 0 Å². The van der Waals surface area contributed by atoms with Gasteiger partial charge in [0.1, 0.15) is 11.6 Å². The number of nitrogens with zero attached hydrogens (tertiary/aromatic N) is 6. The number of nitrogens with two attached hydrogens (primary N) is 1. The second kappa shape index (κ2) is 9.63. The third kappa shape index (κ3) is 4.53. The lowest BCUT2D eigenvalue weighted by Gasteiger charge is -2.40. The Bertz CT molecular complexity index is 1510. The molecule has 0 saturated carbocycles. The largest absolute Gasteiger partial charge is 0.391 e. The number of aliphatic hydroxyl groups is 1. The lowest BCUT2D eigenvalue weighted by Crippen LogP contribution is -2.55. The first-order valence-corrected chi connectivity index (χ1v) is 12.2. The predicted molar refractivity (Wildman–Crippen MR) is 140 cm³/mol. The average Bonchev–Trinajstić information content (AvgIpc) is 3.29. The number of aliphatic hydroxyl groups excluding tert-OH is 1. The van der Waals surface area contributed by atoms with Crippen LogP contribution in [0.3, 0.4) is 0 Å². The van der Waals surface area contributed by atoms with Gasteiger partial charge in [-0.15, -0.1) is 0 Å². The summed E-state index contributed by atoms with van der Waals surface area (Å²) in [5.74, 6) is -1.31. The summed E-state index contributed by atoms with van der Waals surface area (Å²) in [7, 11) is 0. The van der Waals surface area contributed by atoms with E-state index in [9.17, 15) is 10.4 Å². The Morgan fingerprint density at radius 1 is 1.16 bits per heavy atom. The minimum absolute atomic E-state index is 0.0221. The second-order valence-corrected chi connectivity index (χ2v) is 10.2. The summed E-state index contributed by atoms with van der Waals surface area (Å²) in [6, 6.07) is 9.05. The van der Waals surface area contributed by atoms with Crippen LogP contribution in [0.15, 0.2) is 48.9 Å². The molecule has 1 aliphatic heterocycles. The molecule has 11 heteroatoms. The number of anilines is 3. The van der Waals surface area contributed by atoms with Gasteiger partial charge in [0.2, 0.25) is 5.95 Å². The molecule has 1 saturated heterocycles. The second-order valence-electron chi connectivity index (χ2n) is 10.2. The zero-order valence-electron chi connectivity index (χ0n) is 21.2. The monoisotopic (exact) mass is 518 g/mol. The van der Waals surface area contributed by atoms with Crippen molar-refractivity contribution >= 4 is 22.8 Å². The molecule has 0 amide bonds. The number of halogens is 2. The number of imidazole rings is 1. The summed E-state index contributed by atoms with van der Waals surface area (Å²) in [5.41, 5.74) is 7.23. The number of aromatic nitrogens is 4. The number of hydrogen-bond acceptors (Lipinski definition) is 8. The molecule has 3 aromatic heterocycles. The van der Waals surface area contributed by atoms with Crippen LogP contribution in [0.4, 0.5) is 26.1 Å². The van der Waals surface area contributed by atoms with Crippen molar-refractivity contribution in [3.8, 4) is 17.3 Å². The van der Waals surface area contributed by atoms with Crippen LogP contribution in [-0.4, -0.2) is 49.9 Å². The lowest BCUT2D eigenvalue weighted by molar-refractivity contribution is 0.0785. The highest BCUT2D eigenvalue weighted by molar-refractivity contribution is 5.74. The Labute approximate surface area is 218 Å². The Morgan fingerprint density at radius 3 is 2.58 bits per heavy atom. The first-order chi connectivity index (χ1) is 18.1. The van der Waals surface area contributed by atoms with Crippen LogP contribution in [-0.2, 0) is 5.41 Å². The summed E-state index contributed by atoms with van der Waals surface area (Å²) in [5, 5.41) is 27.3. The van der Waals surface area contributed by atoms with Crippen molar-refractivity contribution in [3.63, 3.8) is 0 Å². The van der Waals surface area contributed by atoms with Crippen molar-refractivity contribution in [1.82, 2.24) is 19.6 Å². The van der Waals surface area contributed by atoms with Gasteiger partial charge in [0.15, 0.2) is 0 Å². The number of nitrogens with one attached hydrogen (secondary N) is 1. The number of fused-ring (bicyclic) bond motifs is 1. The highest BCUT2D eigenvalue weighted by atomic mass is 19.1. The van der Waals surface area contributed by atoms with Crippen LogP contribution in [0.2, 0.25) is 0 Å². The van der Waals surface area contributed by atoms with Crippen molar-refractivity contribution in [1.29, 1.82) is 5.26 Å². The molecule has 1 fully saturated rings. The van der Waals surface area contributed by atoms with Gasteiger partial charge < -0.3 is 21.1 Å². The van der Waals surface area contributed by atoms with Crippen LogP contribution in [0.25, 0.3) is 16.8 Å². The van der Waals surface area contributed by atoms with E-state index in [4.69, 9.17) is 5.73 Å². The molecule has 4 aromatic rings. The minimum atomic E-state index is -1.05. The SMILES string of the molecule is CC1CN(c2ccncc2Nc2ncc3ccc(-c4c(F)cc(C(C)(C)C#N)cc4F)nn23)CC(N)C1O. The first kappa shape index (κ1) is 25.5. The van der Waals surface area contributed by atoms with Crippen molar-refractivity contribution in [2.24, 2.45) is 11.7 Å². The number of rotatable bonds is 5. The van der Waals surface area contributed by atoms with Gasteiger partial charge in [0.05, 0.1) is 58.1 Å². The average molecular weight is 519 g/mol. The van der Waals surface area contributed by atoms with Crippen molar-refractivity contribution in [2.75, 3.05) is 23.3 Å². The molecule has 4 heterocycles. The summed E-state index contributed by atoms with van der Waals surface area (Å²) >= 11 is 0. The van der Waals surface area contributed by atoms with Crippen LogP contribution in [0.1, 0.15) is 26.3 Å². The topological polar surface area (TPSA) is 128 Å². The smallest absolute Gasteiger partial charge is 0.229 e. The Kier molecular flexibility index (Phi) is 6.46. The Hall–Kier alpha value is -4.14. The molecule has 1 aromatic carbocycles. The van der Waals surface area contributed by atoms with Gasteiger partial charge >= 0.3 is 0 Å². The normalized spacial score (nSPS) is 19.9. The maximum absolute atomic E-state index is 15.1. The molecule has 0 bridgehead atoms. The van der Waals surface area contributed by atoms with E-state index in [0.717, 1.165) is 5.69 Å². The quantitative estimate of drug-likeness (QED) is 0.364. The standard InChI is InChI=1S/C27H28F2N8O/c1-15-12-36(13-20(31)25(15)38)23-6-7-32-11-22(23)34-26-33-10-17-4-5-21(35-37(17)26)24-18(28)8-16(9-19(24)29)27(2,3)14-30/h4-11,15,20,25,38H,12-13,31H2,1-3H3,(H,33,34). The Balaban J connectivity index is 1.51. The summed E-state index contributed by atoms with van der Waals surface area (Å²) in [4.78, 5) is 10.7. The van der Waals surface area contributed by atoms with E-state index in [1.807, 2.05) is 13.0 Å². The molecular weight excluding hydrogens is 490 g/mol. The molecule has 0 aliphatic carbocycles. The van der Waals surface area contributed by atoms with Gasteiger partial charge in [-0.25, -0.2) is 13.8 Å². The van der Waals surface area contributed by atoms with Crippen molar-refractivity contribution < 1.29 is 13.9 Å². The molecule has 0 radical (unpaired) electrons. The van der Waals surface area contributed by atoms with Crippen LogP contribution >= 0.6 is 0 Å². The fourth-order valence-electron chi connectivity index (χ4n) is 4.74. The van der Waals surface area contributed by atoms with Gasteiger partial charge in [-0.3, -0.25) is 4.98 Å². The molecule has 38 heavy (non-hydrogen) atoms. The molecule has 0 spiro atoms. The molecule has 4 N–H and O–H groups in total. The number of hydrogen-bond donors (Lipinski definition) is 3. The van der Waals surface area contributed by atoms with E-state index < -0.39 is 29.2 Å². The molecule has 3 unspecified atom stereocenters. The first-order valence-electron chi connectivity index (χ1n) is 12.2. The zero-order chi connectivity index (χ0) is 27.2. The molecule has 5 rings (SSSR count). The fraction of sp³-hybridized carbons (Fsp3) is 0.333. The highest BCUT2D eigenvalue weighted by Gasteiger charge is 2.32. The van der Waals surface area contributed by atoms with Gasteiger partial charge in [0.25, 0.3) is 0 Å². The van der Waals surface area contributed by atoms with Crippen LogP contribution < -0.4 is 16.0 Å². The van der Waals surface area contributed by atoms with E-state index in [1.165, 1.54) is 22.7 Å². The summed E-state index contributed by atoms with van der Waals surface area (Å²) in [6.07, 6.45) is 4.33. The van der Waals surface area contributed by atoms with Gasteiger partial charge in [-0.1, -0.05) is 6.92 Å². The maximum atomic E-state index is 15.1.